The van der Waals surface area contributed by atoms with E-state index in [0.717, 1.165) is 25.7 Å². The number of pyridine rings is 4. The average Bonchev–Trinajstić information content (AvgIpc) is 1.58. The van der Waals surface area contributed by atoms with Crippen molar-refractivity contribution < 1.29 is 86.5 Å². The number of rotatable bonds is 27. The van der Waals surface area contributed by atoms with Crippen LogP contribution in [0, 0.1) is 69.0 Å². The minimum atomic E-state index is -1.18. The number of aliphatic carboxylic acids is 2. The Morgan fingerprint density at radius 2 is 0.940 bits per heavy atom. The van der Waals surface area contributed by atoms with Crippen LogP contribution in [0.25, 0.3) is 44.6 Å². The molecule has 8 fully saturated rings. The minimum absolute atomic E-state index is 0. The van der Waals surface area contributed by atoms with Crippen LogP contribution >= 0.6 is 23.2 Å². The first kappa shape index (κ1) is 85.9. The average molecular weight is 1640 g/mol. The van der Waals surface area contributed by atoms with Crippen molar-refractivity contribution in [2.24, 2.45) is 69.0 Å². The number of carboxylic acid groups (broad SMARTS) is 2. The van der Waals surface area contributed by atoms with Crippen molar-refractivity contribution in [3.05, 3.63) is 82.8 Å². The van der Waals surface area contributed by atoms with Crippen molar-refractivity contribution >= 4 is 110 Å². The largest absolute Gasteiger partial charge is 0.495 e. The monoisotopic (exact) mass is 1640 g/mol. The number of nitrogens with one attached hydrogen (secondary N) is 1. The highest BCUT2D eigenvalue weighted by Gasteiger charge is 2.63. The number of fused-ring (bicyclic) bond motifs is 4. The number of methoxy groups -OCH3 is 2. The predicted octanol–water partition coefficient (Wildman–Crippen LogP) is 15.9. The van der Waals surface area contributed by atoms with Gasteiger partial charge in [0.25, 0.3) is 0 Å². The third-order valence-electron chi connectivity index (χ3n) is 24.9. The number of anilines is 2. The molecule has 3 amide bonds. The van der Waals surface area contributed by atoms with Crippen LogP contribution in [0.4, 0.5) is 16.4 Å². The Morgan fingerprint density at radius 1 is 0.534 bits per heavy atom. The molecule has 116 heavy (non-hydrogen) atoms. The number of benzene rings is 2. The molecule has 0 spiro atoms. The third-order valence-corrected chi connectivity index (χ3v) is 25.7. The van der Waals surface area contributed by atoms with Crippen LogP contribution < -0.4 is 30.0 Å². The summed E-state index contributed by atoms with van der Waals surface area (Å²) in [5.41, 5.74) is 4.01. The maximum absolute atomic E-state index is 14.8. The molecule has 6 aliphatic carbocycles. The number of amides is 3. The summed E-state index contributed by atoms with van der Waals surface area (Å²) >= 11 is 13.6. The van der Waals surface area contributed by atoms with Gasteiger partial charge in [0.15, 0.2) is 11.6 Å². The molecule has 624 valence electrons. The number of carbonyl (C=O) groups is 9. The molecule has 2 aromatic carbocycles. The van der Waals surface area contributed by atoms with Crippen molar-refractivity contribution in [1.29, 1.82) is 0 Å². The van der Waals surface area contributed by atoms with E-state index in [-0.39, 0.29) is 122 Å². The molecule has 0 bridgehead atoms. The Kier molecular flexibility index (Phi) is 24.8. The van der Waals surface area contributed by atoms with E-state index in [1.54, 1.807) is 93.6 Å². The first-order chi connectivity index (χ1) is 54.3. The molecule has 14 rings (SSSR count). The van der Waals surface area contributed by atoms with Crippen molar-refractivity contribution in [3.63, 3.8) is 0 Å². The van der Waals surface area contributed by atoms with E-state index >= 15 is 0 Å². The molecular weight excluding hydrogens is 1530 g/mol. The maximum Gasteiger partial charge on any atom is 0.413 e. The van der Waals surface area contributed by atoms with Gasteiger partial charge in [-0.1, -0.05) is 111 Å². The van der Waals surface area contributed by atoms with Gasteiger partial charge in [-0.25, -0.2) is 24.7 Å². The number of aromatic nitrogens is 4. The highest BCUT2D eigenvalue weighted by Crippen LogP contribution is 2.60. The van der Waals surface area contributed by atoms with Gasteiger partial charge in [-0.15, -0.1) is 0 Å². The number of carbonyl (C=O) groups excluding carboxylic acids is 7. The van der Waals surface area contributed by atoms with Crippen LogP contribution in [0.15, 0.2) is 72.8 Å². The SMILES string of the molecule is C.CC[C@@H]1C[C@]1(CC(=O)[C@@H]1C[C@@H](Oc2cc(-c3cccc(N)n3)nc3c(Cl)c(OC)ccc23)CN1C(=O)[C@@H](CC(=O)OC1C[C@@H]2C[C@@H]2C1)C(C)(C)C)C(=O)O.CC[C@@H]1C[C@]1(CC(=O)[C@@H]1C[C@@H](Oc2cc(-c3cccc(NC(=O)OC(C)(C)C)n3)nc3c(Cl)c(OC)ccc23)CN1C(=O)[C@@H](CC(=O)OC1C[C@@H]2C[C@@H]2C1)C(C)(C)C)C(=O)O. The van der Waals surface area contributed by atoms with Gasteiger partial charge in [0, 0.05) is 48.6 Å². The fourth-order valence-electron chi connectivity index (χ4n) is 18.1. The van der Waals surface area contributed by atoms with E-state index < -0.39 is 93.4 Å². The molecule has 0 radical (unpaired) electrons. The van der Waals surface area contributed by atoms with Crippen molar-refractivity contribution in [2.45, 2.75) is 228 Å². The molecule has 2 unspecified atom stereocenters. The molecule has 6 heterocycles. The van der Waals surface area contributed by atoms with Crippen LogP contribution in [0.3, 0.4) is 0 Å². The quantitative estimate of drug-likeness (QED) is 0.0275. The molecule has 6 aromatic rings. The number of carboxylic acids is 2. The highest BCUT2D eigenvalue weighted by molar-refractivity contribution is 6.37. The van der Waals surface area contributed by atoms with Gasteiger partial charge in [0.1, 0.15) is 74.7 Å². The topological polar surface area (TPSA) is 355 Å². The van der Waals surface area contributed by atoms with Crippen molar-refractivity contribution in [1.82, 2.24) is 29.7 Å². The standard InChI is InChI=1S/C46H57ClN4O10.C41H49ClN4O8.CH4/c1-9-26-21-46(26,42(55)56)22-34(52)33-18-28(23-51(33)41(54)30(44(2,3)4)19-38(53)60-27-16-24-15-25(24)17-27)59-36-20-32(49-40-29(36)13-14-35(58-8)39(40)47)31-11-10-12-37(48-31)50-43(57)61-45(5,6)7;1-6-23-18-41(23,39(50)51)19-31(47)30-15-25(20-46(30)38(49)27(40(2,3)4)16-35(48)54-24-13-21-12-22(21)14-24)53-33-17-29(28-8-7-9-34(43)44-28)45-37-26(33)10-11-32(52-5)36(37)42;/h10-14,20,24-28,30,33H,9,15-19,21-23H2,1-8H3,(H,55,56)(H,48,50,57);7-11,17,21-25,27,30H,6,12-16,18-20H2,1-5H3,(H2,43,44)(H,50,51);1H4/t24-,25+,26-,27?,28-,30-,33+,46-;21-,22+,23-,24?,25-,27-,30+,41-;/m11./s1. The fraction of sp³-hybridized carbons (Fsp3) is 0.580. The molecule has 5 N–H and O–H groups in total. The zero-order chi connectivity index (χ0) is 82.9. The van der Waals surface area contributed by atoms with Gasteiger partial charge in [-0.05, 0) is 167 Å². The zero-order valence-electron chi connectivity index (χ0n) is 67.7. The molecule has 6 saturated carbocycles. The van der Waals surface area contributed by atoms with E-state index in [9.17, 15) is 53.4 Å². The van der Waals surface area contributed by atoms with E-state index in [1.165, 1.54) is 36.9 Å². The Labute approximate surface area is 687 Å². The maximum atomic E-state index is 14.8. The summed E-state index contributed by atoms with van der Waals surface area (Å²) in [6.45, 7) is 20.5. The Morgan fingerprint density at radius 3 is 1.30 bits per heavy atom. The number of hydrogen-bond donors (Lipinski definition) is 4. The second kappa shape index (κ2) is 33.5. The lowest BCUT2D eigenvalue weighted by Gasteiger charge is -2.35. The van der Waals surface area contributed by atoms with Gasteiger partial charge < -0.3 is 58.9 Å². The second-order valence-corrected chi connectivity index (χ2v) is 36.9. The lowest BCUT2D eigenvalue weighted by molar-refractivity contribution is -0.157. The normalized spacial score (nSPS) is 26.5. The summed E-state index contributed by atoms with van der Waals surface area (Å²) < 4.78 is 41.6. The summed E-state index contributed by atoms with van der Waals surface area (Å²) in [6, 6.07) is 18.6. The highest BCUT2D eigenvalue weighted by atomic mass is 35.5. The van der Waals surface area contributed by atoms with Gasteiger partial charge in [0.05, 0.1) is 109 Å². The van der Waals surface area contributed by atoms with Crippen LogP contribution in [0.5, 0.6) is 23.0 Å². The van der Waals surface area contributed by atoms with Gasteiger partial charge in [-0.2, -0.15) is 0 Å². The second-order valence-electron chi connectivity index (χ2n) is 36.2. The van der Waals surface area contributed by atoms with Crippen molar-refractivity contribution in [3.8, 4) is 45.8 Å². The van der Waals surface area contributed by atoms with E-state index in [1.807, 2.05) is 55.4 Å². The van der Waals surface area contributed by atoms with Crippen LogP contribution in [0.2, 0.25) is 10.0 Å². The van der Waals surface area contributed by atoms with Crippen LogP contribution in [-0.4, -0.2) is 163 Å². The summed E-state index contributed by atoms with van der Waals surface area (Å²) in [4.78, 5) is 144. The molecule has 26 nitrogen and oxygen atoms in total. The number of halogens is 2. The number of hydrogen-bond acceptors (Lipinski definition) is 21. The van der Waals surface area contributed by atoms with E-state index in [2.05, 4.69) is 15.3 Å². The first-order valence-corrected chi connectivity index (χ1v) is 41.0. The number of Topliss-reactive ketones (excluding diaryl/α,β-unsaturated/α-hetero) is 2. The minimum Gasteiger partial charge on any atom is -0.495 e. The smallest absolute Gasteiger partial charge is 0.413 e. The summed E-state index contributed by atoms with van der Waals surface area (Å²) in [5.74, 6) is -1.61. The number of esters is 2. The number of nitrogen functional groups attached to an aromatic ring is 1. The zero-order valence-corrected chi connectivity index (χ0v) is 69.2. The molecular formula is C88H110Cl2N8O18. The van der Waals surface area contributed by atoms with Gasteiger partial charge in [0.2, 0.25) is 11.8 Å². The Balaban J connectivity index is 0.000000214. The number of nitrogens with two attached hydrogens (primary N) is 1. The van der Waals surface area contributed by atoms with Crippen LogP contribution in [-0.2, 0) is 52.6 Å². The first-order valence-electron chi connectivity index (χ1n) is 40.2. The predicted molar refractivity (Wildman–Crippen MR) is 436 cm³/mol. The number of likely N-dealkylation sites (tertiary alicyclic amines) is 2. The third kappa shape index (κ3) is 18.6. The van der Waals surface area contributed by atoms with Crippen molar-refractivity contribution in [2.75, 3.05) is 38.4 Å². The number of nitrogens with zero attached hydrogens (tertiary/aromatic N) is 6. The Bertz CT molecular complexity index is 4810. The molecule has 16 atom stereocenters. The summed E-state index contributed by atoms with van der Waals surface area (Å²) in [6.07, 6.45) is 5.07. The molecule has 2 aliphatic heterocycles. The molecule has 4 aromatic heterocycles. The molecule has 8 aliphatic rings. The lowest BCUT2D eigenvalue weighted by atomic mass is 9.77. The molecule has 28 heteroatoms. The van der Waals surface area contributed by atoms with E-state index in [0.29, 0.717) is 123 Å². The summed E-state index contributed by atoms with van der Waals surface area (Å²) in [7, 11) is 3.00. The lowest BCUT2D eigenvalue weighted by Crippen LogP contribution is -2.48. The Hall–Kier alpha value is -9.43. The van der Waals surface area contributed by atoms with E-state index in [4.69, 9.17) is 72.1 Å². The van der Waals surface area contributed by atoms with Gasteiger partial charge >= 0.3 is 30.0 Å². The molecule has 2 saturated heterocycles. The number of ketones is 2. The fourth-order valence-corrected chi connectivity index (χ4v) is 18.7. The van der Waals surface area contributed by atoms with Gasteiger partial charge in [-0.3, -0.25) is 43.7 Å². The van der Waals surface area contributed by atoms with Crippen LogP contribution in [0.1, 0.15) is 186 Å². The summed E-state index contributed by atoms with van der Waals surface area (Å²) in [5, 5.41) is 24.7. The number of ether oxygens (including phenoxy) is 7.